The number of sulfonamides is 1. The summed E-state index contributed by atoms with van der Waals surface area (Å²) in [5.74, 6) is 0. The van der Waals surface area contributed by atoms with Crippen LogP contribution in [0.4, 0.5) is 17.1 Å². The van der Waals surface area contributed by atoms with Crippen molar-refractivity contribution in [2.45, 2.75) is 24.8 Å². The first kappa shape index (κ1) is 23.3. The van der Waals surface area contributed by atoms with Crippen LogP contribution in [0.1, 0.15) is 16.7 Å². The zero-order valence-electron chi connectivity index (χ0n) is 19.6. The molecule has 3 aromatic carbocycles. The van der Waals surface area contributed by atoms with Gasteiger partial charge >= 0.3 is 0 Å². The van der Waals surface area contributed by atoms with E-state index in [4.69, 9.17) is 0 Å². The van der Waals surface area contributed by atoms with Crippen LogP contribution in [-0.4, -0.2) is 50.4 Å². The van der Waals surface area contributed by atoms with Gasteiger partial charge in [-0.15, -0.1) is 0 Å². The third-order valence-corrected chi connectivity index (χ3v) is 8.80. The molecule has 0 aromatic heterocycles. The van der Waals surface area contributed by atoms with Crippen molar-refractivity contribution in [3.05, 3.63) is 93.5 Å². The zero-order chi connectivity index (χ0) is 24.6. The minimum atomic E-state index is -3.55. The lowest BCUT2D eigenvalue weighted by molar-refractivity contribution is -0.384. The van der Waals surface area contributed by atoms with E-state index in [0.717, 1.165) is 17.7 Å². The number of fused-ring (bicyclic) bond motifs is 1. The summed E-state index contributed by atoms with van der Waals surface area (Å²) >= 11 is 0. The minimum absolute atomic E-state index is 0.0914. The fraction of sp³-hybridized carbons (Fsp3) is 0.308. The van der Waals surface area contributed by atoms with Crippen LogP contribution in [0.2, 0.25) is 0 Å². The molecule has 2 aliphatic heterocycles. The Balaban J connectivity index is 1.35. The van der Waals surface area contributed by atoms with Gasteiger partial charge in [0, 0.05) is 51.0 Å². The SMILES string of the molecule is Cc1ccc(S(=O)(=O)N2CCN(c3ccc([N+](=O)[O-])c(N4CCc5ccccc5C4)c3)CC2)cc1. The summed E-state index contributed by atoms with van der Waals surface area (Å²) in [5, 5.41) is 11.8. The second kappa shape index (κ2) is 9.31. The molecule has 2 aliphatic rings. The normalized spacial score (nSPS) is 16.7. The van der Waals surface area contributed by atoms with Gasteiger partial charge in [0.2, 0.25) is 10.0 Å². The molecule has 9 heteroatoms. The maximum absolute atomic E-state index is 13.0. The molecule has 0 amide bonds. The van der Waals surface area contributed by atoms with Crippen LogP contribution in [0.5, 0.6) is 0 Å². The summed E-state index contributed by atoms with van der Waals surface area (Å²) in [6.07, 6.45) is 0.840. The molecular weight excluding hydrogens is 464 g/mol. The molecule has 182 valence electrons. The molecule has 3 aromatic rings. The number of nitrogens with zero attached hydrogens (tertiary/aromatic N) is 4. The third-order valence-electron chi connectivity index (χ3n) is 6.89. The van der Waals surface area contributed by atoms with Crippen LogP contribution in [0, 0.1) is 17.0 Å². The van der Waals surface area contributed by atoms with Gasteiger partial charge in [0.1, 0.15) is 5.69 Å². The summed E-state index contributed by atoms with van der Waals surface area (Å²) in [7, 11) is -3.55. The largest absolute Gasteiger partial charge is 0.369 e. The topological polar surface area (TPSA) is 87.0 Å². The highest BCUT2D eigenvalue weighted by Gasteiger charge is 2.30. The first-order valence-corrected chi connectivity index (χ1v) is 13.2. The molecule has 0 aliphatic carbocycles. The number of hydrogen-bond acceptors (Lipinski definition) is 6. The van der Waals surface area contributed by atoms with Gasteiger partial charge in [0.15, 0.2) is 0 Å². The lowest BCUT2D eigenvalue weighted by atomic mass is 9.99. The van der Waals surface area contributed by atoms with E-state index in [0.29, 0.717) is 49.9 Å². The number of nitro groups is 1. The van der Waals surface area contributed by atoms with Gasteiger partial charge in [0.05, 0.1) is 9.82 Å². The molecule has 8 nitrogen and oxygen atoms in total. The van der Waals surface area contributed by atoms with E-state index in [1.54, 1.807) is 36.4 Å². The molecule has 2 heterocycles. The average molecular weight is 493 g/mol. The molecule has 5 rings (SSSR count). The molecule has 1 saturated heterocycles. The van der Waals surface area contributed by atoms with Gasteiger partial charge in [-0.25, -0.2) is 8.42 Å². The van der Waals surface area contributed by atoms with Gasteiger partial charge in [-0.05, 0) is 48.7 Å². The molecular formula is C26H28N4O4S. The molecule has 35 heavy (non-hydrogen) atoms. The van der Waals surface area contributed by atoms with Crippen molar-refractivity contribution in [3.8, 4) is 0 Å². The lowest BCUT2D eigenvalue weighted by Crippen LogP contribution is -2.48. The summed E-state index contributed by atoms with van der Waals surface area (Å²) in [6.45, 7) is 5.03. The van der Waals surface area contributed by atoms with E-state index in [9.17, 15) is 18.5 Å². The van der Waals surface area contributed by atoms with E-state index >= 15 is 0 Å². The second-order valence-electron chi connectivity index (χ2n) is 9.07. The summed E-state index contributed by atoms with van der Waals surface area (Å²) < 4.78 is 27.6. The highest BCUT2D eigenvalue weighted by Crippen LogP contribution is 2.36. The predicted molar refractivity (Wildman–Crippen MR) is 136 cm³/mol. The van der Waals surface area contributed by atoms with Crippen molar-refractivity contribution in [1.82, 2.24) is 4.31 Å². The van der Waals surface area contributed by atoms with Crippen LogP contribution >= 0.6 is 0 Å². The van der Waals surface area contributed by atoms with Crippen molar-refractivity contribution in [2.75, 3.05) is 42.5 Å². The average Bonchev–Trinajstić information content (AvgIpc) is 2.88. The Bertz CT molecular complexity index is 1350. The number of benzene rings is 3. The molecule has 1 fully saturated rings. The van der Waals surface area contributed by atoms with Crippen molar-refractivity contribution >= 4 is 27.1 Å². The van der Waals surface area contributed by atoms with Crippen LogP contribution in [-0.2, 0) is 23.0 Å². The molecule has 0 spiro atoms. The monoisotopic (exact) mass is 492 g/mol. The van der Waals surface area contributed by atoms with Gasteiger partial charge < -0.3 is 9.80 Å². The van der Waals surface area contributed by atoms with E-state index in [-0.39, 0.29) is 10.6 Å². The Morgan fingerprint density at radius 2 is 1.51 bits per heavy atom. The highest BCUT2D eigenvalue weighted by atomic mass is 32.2. The van der Waals surface area contributed by atoms with Gasteiger partial charge in [-0.1, -0.05) is 42.0 Å². The Kier molecular flexibility index (Phi) is 6.21. The smallest absolute Gasteiger partial charge is 0.292 e. The number of aryl methyl sites for hydroxylation is 1. The number of rotatable bonds is 5. The van der Waals surface area contributed by atoms with E-state index in [2.05, 4.69) is 21.9 Å². The molecule has 0 radical (unpaired) electrons. The first-order valence-electron chi connectivity index (χ1n) is 11.7. The highest BCUT2D eigenvalue weighted by molar-refractivity contribution is 7.89. The standard InChI is InChI=1S/C26H28N4O4S/c1-20-6-9-24(10-7-20)35(33,34)29-16-14-27(15-17-29)23-8-11-25(30(31)32)26(18-23)28-13-12-21-4-2-3-5-22(21)19-28/h2-11,18H,12-17,19H2,1H3. The van der Waals surface area contributed by atoms with Crippen LogP contribution in [0.3, 0.4) is 0 Å². The Hall–Kier alpha value is -3.43. The van der Waals surface area contributed by atoms with Crippen molar-refractivity contribution in [1.29, 1.82) is 0 Å². The number of hydrogen-bond donors (Lipinski definition) is 0. The van der Waals surface area contributed by atoms with Crippen molar-refractivity contribution < 1.29 is 13.3 Å². The summed E-state index contributed by atoms with van der Waals surface area (Å²) in [6, 6.07) is 20.3. The number of anilines is 2. The van der Waals surface area contributed by atoms with Gasteiger partial charge in [0.25, 0.3) is 5.69 Å². The van der Waals surface area contributed by atoms with Gasteiger partial charge in [-0.2, -0.15) is 4.31 Å². The molecule has 0 saturated carbocycles. The maximum atomic E-state index is 13.0. The number of piperazine rings is 1. The molecule has 0 bridgehead atoms. The van der Waals surface area contributed by atoms with E-state index in [1.165, 1.54) is 15.4 Å². The van der Waals surface area contributed by atoms with E-state index in [1.807, 2.05) is 25.1 Å². The Morgan fingerprint density at radius 1 is 0.829 bits per heavy atom. The molecule has 0 unspecified atom stereocenters. The van der Waals surface area contributed by atoms with E-state index < -0.39 is 10.0 Å². The summed E-state index contributed by atoms with van der Waals surface area (Å²) in [4.78, 5) is 16.0. The fourth-order valence-electron chi connectivity index (χ4n) is 4.86. The summed E-state index contributed by atoms with van der Waals surface area (Å²) in [5.41, 5.74) is 5.06. The van der Waals surface area contributed by atoms with Crippen molar-refractivity contribution in [3.63, 3.8) is 0 Å². The zero-order valence-corrected chi connectivity index (χ0v) is 20.4. The second-order valence-corrected chi connectivity index (χ2v) is 11.0. The first-order chi connectivity index (χ1) is 16.8. The third kappa shape index (κ3) is 4.61. The van der Waals surface area contributed by atoms with Crippen LogP contribution in [0.25, 0.3) is 0 Å². The van der Waals surface area contributed by atoms with Crippen LogP contribution < -0.4 is 9.80 Å². The number of nitro benzene ring substituents is 1. The molecule has 0 N–H and O–H groups in total. The minimum Gasteiger partial charge on any atom is -0.369 e. The Morgan fingerprint density at radius 3 is 2.20 bits per heavy atom. The quantitative estimate of drug-likeness (QED) is 0.396. The van der Waals surface area contributed by atoms with Crippen molar-refractivity contribution in [2.24, 2.45) is 0 Å². The van der Waals surface area contributed by atoms with Gasteiger partial charge in [-0.3, -0.25) is 10.1 Å². The fourth-order valence-corrected chi connectivity index (χ4v) is 6.29. The lowest BCUT2D eigenvalue weighted by Gasteiger charge is -2.36. The van der Waals surface area contributed by atoms with Crippen LogP contribution in [0.15, 0.2) is 71.6 Å². The predicted octanol–water partition coefficient (Wildman–Crippen LogP) is 3.98. The maximum Gasteiger partial charge on any atom is 0.292 e. The molecule has 0 atom stereocenters. The Labute approximate surface area is 205 Å².